The van der Waals surface area contributed by atoms with Gasteiger partial charge in [-0.05, 0) is 6.07 Å². The van der Waals surface area contributed by atoms with Crippen LogP contribution in [0, 0.1) is 33.6 Å². The third kappa shape index (κ3) is 2.87. The smallest absolute Gasteiger partial charge is 0.271 e. The first-order valence-corrected chi connectivity index (χ1v) is 5.51. The average molecular weight is 323 g/mol. The minimum absolute atomic E-state index is 0.374. The van der Waals surface area contributed by atoms with Gasteiger partial charge in [-0.1, -0.05) is 11.6 Å². The minimum atomic E-state index is -1.90. The number of hydrogen-bond acceptors (Lipinski definition) is 4. The molecule has 5 nitrogen and oxygen atoms in total. The summed E-state index contributed by atoms with van der Waals surface area (Å²) >= 11 is 5.63. The highest BCUT2D eigenvalue weighted by Crippen LogP contribution is 2.35. The highest BCUT2D eigenvalue weighted by molar-refractivity contribution is 6.32. The monoisotopic (exact) mass is 322 g/mol. The van der Waals surface area contributed by atoms with Crippen molar-refractivity contribution in [3.63, 3.8) is 0 Å². The Balaban J connectivity index is 2.46. The predicted octanol–water partition coefficient (Wildman–Crippen LogP) is 3.99. The number of nitro groups is 1. The Hall–Kier alpha value is -2.42. The Bertz CT molecular complexity index is 716. The Morgan fingerprint density at radius 1 is 1.14 bits per heavy atom. The second-order valence-electron chi connectivity index (χ2n) is 3.62. The van der Waals surface area contributed by atoms with Gasteiger partial charge in [0.25, 0.3) is 17.6 Å². The van der Waals surface area contributed by atoms with E-state index in [1.165, 1.54) is 0 Å². The van der Waals surface area contributed by atoms with Gasteiger partial charge in [-0.15, -0.1) is 0 Å². The number of aromatic nitrogens is 1. The van der Waals surface area contributed by atoms with Crippen molar-refractivity contribution in [3.05, 3.63) is 56.9 Å². The molecule has 0 saturated carbocycles. The minimum Gasteiger partial charge on any atom is -0.449 e. The van der Waals surface area contributed by atoms with Crippen molar-refractivity contribution in [2.24, 2.45) is 0 Å². The van der Waals surface area contributed by atoms with Gasteiger partial charge >= 0.3 is 0 Å². The van der Waals surface area contributed by atoms with Crippen molar-refractivity contribution < 1.29 is 27.2 Å². The van der Waals surface area contributed by atoms with E-state index in [-0.39, 0.29) is 5.02 Å². The van der Waals surface area contributed by atoms with Crippen LogP contribution in [0.25, 0.3) is 0 Å². The number of hydrogen-bond donors (Lipinski definition) is 0. The second-order valence-corrected chi connectivity index (χ2v) is 4.03. The predicted molar refractivity (Wildman–Crippen MR) is 62.2 cm³/mol. The second kappa shape index (κ2) is 5.52. The van der Waals surface area contributed by atoms with Gasteiger partial charge in [-0.25, -0.2) is 0 Å². The van der Waals surface area contributed by atoms with Crippen LogP contribution in [0.5, 0.6) is 11.5 Å². The molecule has 0 saturated heterocycles. The summed E-state index contributed by atoms with van der Waals surface area (Å²) in [5.41, 5.74) is -0.402. The van der Waals surface area contributed by atoms with Crippen LogP contribution in [0.1, 0.15) is 0 Å². The van der Waals surface area contributed by atoms with Crippen molar-refractivity contribution in [1.29, 1.82) is 0 Å². The lowest BCUT2D eigenvalue weighted by Gasteiger charge is -2.09. The van der Waals surface area contributed by atoms with E-state index in [0.29, 0.717) is 0 Å². The number of rotatable bonds is 3. The quantitative estimate of drug-likeness (QED) is 0.371. The van der Waals surface area contributed by atoms with E-state index in [0.717, 1.165) is 18.2 Å². The molecule has 110 valence electrons. The van der Waals surface area contributed by atoms with E-state index in [2.05, 4.69) is 9.72 Å². The van der Waals surface area contributed by atoms with Gasteiger partial charge in [-0.2, -0.15) is 22.5 Å². The Morgan fingerprint density at radius 3 is 2.19 bits per heavy atom. The van der Waals surface area contributed by atoms with E-state index in [1.54, 1.807) is 0 Å². The molecule has 21 heavy (non-hydrogen) atoms. The van der Waals surface area contributed by atoms with Gasteiger partial charge < -0.3 is 4.74 Å². The fourth-order valence-corrected chi connectivity index (χ4v) is 1.57. The molecule has 10 heteroatoms. The van der Waals surface area contributed by atoms with E-state index in [4.69, 9.17) is 11.6 Å². The van der Waals surface area contributed by atoms with Gasteiger partial charge in [0.2, 0.25) is 17.4 Å². The van der Waals surface area contributed by atoms with Crippen molar-refractivity contribution >= 4 is 17.3 Å². The summed E-state index contributed by atoms with van der Waals surface area (Å²) in [6.45, 7) is 0. The largest absolute Gasteiger partial charge is 0.449 e. The van der Waals surface area contributed by atoms with Crippen molar-refractivity contribution in [1.82, 2.24) is 4.98 Å². The molecule has 2 rings (SSSR count). The van der Waals surface area contributed by atoms with E-state index in [1.807, 2.05) is 0 Å². The molecular weight excluding hydrogens is 320 g/mol. The number of pyridine rings is 1. The third-order valence-electron chi connectivity index (χ3n) is 2.30. The maximum absolute atomic E-state index is 13.3. The standard InChI is InChI=1S/C11H3ClF4N2O3/c12-5-3-4(18(19)20)1-2-6(5)21-9-7(13)10(15)17-11(16)8(9)14/h1-3H. The Labute approximate surface area is 118 Å². The molecule has 0 aliphatic carbocycles. The molecule has 2 aromatic rings. The number of halogens is 5. The number of nitro benzene ring substituents is 1. The van der Waals surface area contributed by atoms with Gasteiger partial charge in [0.15, 0.2) is 0 Å². The molecule has 1 heterocycles. The van der Waals surface area contributed by atoms with Gasteiger partial charge in [0.05, 0.1) is 9.95 Å². The zero-order valence-electron chi connectivity index (χ0n) is 9.74. The van der Waals surface area contributed by atoms with Gasteiger partial charge in [0, 0.05) is 12.1 Å². The van der Waals surface area contributed by atoms with Gasteiger partial charge in [0.1, 0.15) is 5.75 Å². The molecule has 0 N–H and O–H groups in total. The summed E-state index contributed by atoms with van der Waals surface area (Å²) in [7, 11) is 0. The summed E-state index contributed by atoms with van der Waals surface area (Å²) in [4.78, 5) is 12.1. The molecule has 0 aliphatic rings. The first-order valence-electron chi connectivity index (χ1n) is 5.13. The number of non-ortho nitro benzene ring substituents is 1. The molecule has 0 unspecified atom stereocenters. The van der Waals surface area contributed by atoms with Crippen molar-refractivity contribution in [2.45, 2.75) is 0 Å². The van der Waals surface area contributed by atoms with Crippen molar-refractivity contribution in [3.8, 4) is 11.5 Å². The lowest BCUT2D eigenvalue weighted by molar-refractivity contribution is -0.384. The van der Waals surface area contributed by atoms with E-state index >= 15 is 0 Å². The molecular formula is C11H3ClF4N2O3. The molecule has 0 radical (unpaired) electrons. The van der Waals surface area contributed by atoms with Gasteiger partial charge in [-0.3, -0.25) is 10.1 Å². The van der Waals surface area contributed by atoms with Crippen LogP contribution in [0.15, 0.2) is 18.2 Å². The van der Waals surface area contributed by atoms with Crippen molar-refractivity contribution in [2.75, 3.05) is 0 Å². The van der Waals surface area contributed by atoms with Crippen LogP contribution in [0.3, 0.4) is 0 Å². The van der Waals surface area contributed by atoms with E-state index in [9.17, 15) is 27.7 Å². The fraction of sp³-hybridized carbons (Fsp3) is 0. The zero-order valence-corrected chi connectivity index (χ0v) is 10.5. The summed E-state index contributed by atoms with van der Waals surface area (Å²) in [6, 6.07) is 2.71. The number of nitrogens with zero attached hydrogens (tertiary/aromatic N) is 2. The topological polar surface area (TPSA) is 65.3 Å². The van der Waals surface area contributed by atoms with E-state index < -0.39 is 45.6 Å². The molecule has 0 spiro atoms. The zero-order chi connectivity index (χ0) is 15.7. The van der Waals surface area contributed by atoms with Crippen LogP contribution < -0.4 is 4.74 Å². The molecule has 0 fully saturated rings. The Kier molecular flexibility index (Phi) is 3.94. The molecule has 0 aliphatic heterocycles. The van der Waals surface area contributed by atoms with Crippen LogP contribution in [-0.2, 0) is 0 Å². The summed E-state index contributed by atoms with van der Waals surface area (Å²) in [5, 5.41) is 10.1. The first-order chi connectivity index (χ1) is 9.81. The normalized spacial score (nSPS) is 10.5. The summed E-state index contributed by atoms with van der Waals surface area (Å²) in [5.74, 6) is -9.34. The molecule has 0 bridgehead atoms. The maximum atomic E-state index is 13.3. The highest BCUT2D eigenvalue weighted by Gasteiger charge is 2.24. The average Bonchev–Trinajstić information content (AvgIpc) is 2.42. The first kappa shape index (κ1) is 15.0. The summed E-state index contributed by atoms with van der Waals surface area (Å²) < 4.78 is 57.1. The summed E-state index contributed by atoms with van der Waals surface area (Å²) in [6.07, 6.45) is 0. The SMILES string of the molecule is O=[N+]([O-])c1ccc(Oc2c(F)c(F)nc(F)c2F)c(Cl)c1. The number of benzene rings is 1. The molecule has 1 aromatic carbocycles. The molecule has 0 atom stereocenters. The number of ether oxygens (including phenoxy) is 1. The third-order valence-corrected chi connectivity index (χ3v) is 2.59. The lowest BCUT2D eigenvalue weighted by Crippen LogP contribution is -2.03. The Morgan fingerprint density at radius 2 is 1.71 bits per heavy atom. The van der Waals surface area contributed by atoms with Crippen LogP contribution in [0.2, 0.25) is 5.02 Å². The maximum Gasteiger partial charge on any atom is 0.271 e. The highest BCUT2D eigenvalue weighted by atomic mass is 35.5. The fourth-order valence-electron chi connectivity index (χ4n) is 1.35. The van der Waals surface area contributed by atoms with Crippen LogP contribution in [0.4, 0.5) is 23.2 Å². The molecule has 1 aromatic heterocycles. The molecule has 0 amide bonds. The van der Waals surface area contributed by atoms with Crippen LogP contribution >= 0.6 is 11.6 Å². The van der Waals surface area contributed by atoms with Crippen LogP contribution in [-0.4, -0.2) is 9.91 Å². The lowest BCUT2D eigenvalue weighted by atomic mass is 10.3.